The molecule has 4 nitrogen and oxygen atoms in total. The predicted octanol–water partition coefficient (Wildman–Crippen LogP) is 1.19. The highest BCUT2D eigenvalue weighted by atomic mass is 19.4. The minimum Gasteiger partial charge on any atom is -0.409 e. The Morgan fingerprint density at radius 2 is 2.07 bits per heavy atom. The Bertz CT molecular complexity index is 344. The van der Waals surface area contributed by atoms with E-state index in [0.29, 0.717) is 6.20 Å². The molecule has 1 aromatic rings. The SMILES string of the molecule is N/C(=N/O)c1ccc(C(F)(F)F)cn1. The molecule has 0 aliphatic carbocycles. The van der Waals surface area contributed by atoms with Gasteiger partial charge in [-0.15, -0.1) is 0 Å². The lowest BCUT2D eigenvalue weighted by Gasteiger charge is -2.05. The minimum atomic E-state index is -4.43. The molecule has 0 amide bonds. The summed E-state index contributed by atoms with van der Waals surface area (Å²) in [6, 6.07) is 1.83. The van der Waals surface area contributed by atoms with Crippen molar-refractivity contribution in [3.63, 3.8) is 0 Å². The second-order valence-corrected chi connectivity index (χ2v) is 2.42. The first-order chi connectivity index (χ1) is 6.45. The monoisotopic (exact) mass is 205 g/mol. The van der Waals surface area contributed by atoms with E-state index in [1.54, 1.807) is 0 Å². The average molecular weight is 205 g/mol. The zero-order chi connectivity index (χ0) is 10.8. The minimum absolute atomic E-state index is 0.0134. The van der Waals surface area contributed by atoms with Crippen LogP contribution in [0.15, 0.2) is 23.5 Å². The molecule has 0 saturated heterocycles. The Morgan fingerprint density at radius 3 is 2.43 bits per heavy atom. The number of hydrogen-bond donors (Lipinski definition) is 2. The Hall–Kier alpha value is -1.79. The molecule has 0 atom stereocenters. The molecule has 3 N–H and O–H groups in total. The highest BCUT2D eigenvalue weighted by Gasteiger charge is 2.30. The van der Waals surface area contributed by atoms with Gasteiger partial charge < -0.3 is 10.9 Å². The van der Waals surface area contributed by atoms with Gasteiger partial charge in [0, 0.05) is 6.20 Å². The summed E-state index contributed by atoms with van der Waals surface area (Å²) in [5.41, 5.74) is 4.21. The first-order valence-corrected chi connectivity index (χ1v) is 3.46. The van der Waals surface area contributed by atoms with Crippen LogP contribution in [0.3, 0.4) is 0 Å². The molecule has 0 saturated carbocycles. The van der Waals surface area contributed by atoms with Crippen LogP contribution in [0.5, 0.6) is 0 Å². The van der Waals surface area contributed by atoms with Crippen molar-refractivity contribution < 1.29 is 18.4 Å². The molecule has 14 heavy (non-hydrogen) atoms. The maximum atomic E-state index is 12.1. The number of rotatable bonds is 1. The van der Waals surface area contributed by atoms with Crippen molar-refractivity contribution in [1.29, 1.82) is 0 Å². The summed E-state index contributed by atoms with van der Waals surface area (Å²) in [4.78, 5) is 3.38. The number of aromatic nitrogens is 1. The first kappa shape index (κ1) is 10.3. The van der Waals surface area contributed by atoms with E-state index in [1.165, 1.54) is 0 Å². The van der Waals surface area contributed by atoms with Crippen molar-refractivity contribution in [2.75, 3.05) is 0 Å². The molecular weight excluding hydrogens is 199 g/mol. The summed E-state index contributed by atoms with van der Waals surface area (Å²) < 4.78 is 36.2. The first-order valence-electron chi connectivity index (χ1n) is 3.46. The molecule has 1 rings (SSSR count). The van der Waals surface area contributed by atoms with Crippen molar-refractivity contribution >= 4 is 5.84 Å². The van der Waals surface area contributed by atoms with Crippen LogP contribution in [-0.2, 0) is 6.18 Å². The topological polar surface area (TPSA) is 71.5 Å². The van der Waals surface area contributed by atoms with Crippen LogP contribution in [-0.4, -0.2) is 16.0 Å². The van der Waals surface area contributed by atoms with E-state index in [9.17, 15) is 13.2 Å². The summed E-state index contributed by atoms with van der Waals surface area (Å²) in [6.07, 6.45) is -3.82. The van der Waals surface area contributed by atoms with Crippen molar-refractivity contribution in [2.45, 2.75) is 6.18 Å². The van der Waals surface area contributed by atoms with Crippen molar-refractivity contribution in [1.82, 2.24) is 4.98 Å². The number of nitrogens with zero attached hydrogens (tertiary/aromatic N) is 2. The van der Waals surface area contributed by atoms with Crippen LogP contribution in [0.1, 0.15) is 11.3 Å². The van der Waals surface area contributed by atoms with E-state index < -0.39 is 11.7 Å². The van der Waals surface area contributed by atoms with Gasteiger partial charge in [-0.3, -0.25) is 4.98 Å². The fourth-order valence-corrected chi connectivity index (χ4v) is 0.764. The van der Waals surface area contributed by atoms with Crippen molar-refractivity contribution in [2.24, 2.45) is 10.9 Å². The van der Waals surface area contributed by atoms with Gasteiger partial charge >= 0.3 is 6.18 Å². The molecule has 1 heterocycles. The summed E-state index contributed by atoms with van der Waals surface area (Å²) >= 11 is 0. The molecule has 0 aromatic carbocycles. The number of halogens is 3. The zero-order valence-electron chi connectivity index (χ0n) is 6.78. The third kappa shape index (κ3) is 2.12. The highest BCUT2D eigenvalue weighted by molar-refractivity contribution is 5.95. The molecule has 0 aliphatic heterocycles. The fraction of sp³-hybridized carbons (Fsp3) is 0.143. The number of alkyl halides is 3. The fourth-order valence-electron chi connectivity index (χ4n) is 0.764. The number of hydrogen-bond acceptors (Lipinski definition) is 3. The third-order valence-electron chi connectivity index (χ3n) is 1.46. The molecular formula is C7H6F3N3O. The number of amidine groups is 1. The molecule has 0 bridgehead atoms. The lowest BCUT2D eigenvalue weighted by atomic mass is 10.2. The van der Waals surface area contributed by atoms with E-state index in [-0.39, 0.29) is 11.5 Å². The number of oxime groups is 1. The Kier molecular flexibility index (Phi) is 2.59. The molecule has 1 aromatic heterocycles. The van der Waals surface area contributed by atoms with E-state index in [2.05, 4.69) is 10.1 Å². The quantitative estimate of drug-likeness (QED) is 0.313. The maximum Gasteiger partial charge on any atom is 0.417 e. The largest absolute Gasteiger partial charge is 0.417 e. The summed E-state index contributed by atoms with van der Waals surface area (Å²) in [5, 5.41) is 10.8. The van der Waals surface area contributed by atoms with Gasteiger partial charge in [0.05, 0.1) is 5.56 Å². The van der Waals surface area contributed by atoms with Gasteiger partial charge in [0.25, 0.3) is 0 Å². The predicted molar refractivity (Wildman–Crippen MR) is 41.7 cm³/mol. The molecule has 0 aliphatic rings. The van der Waals surface area contributed by atoms with Crippen LogP contribution in [0.2, 0.25) is 0 Å². The molecule has 0 spiro atoms. The van der Waals surface area contributed by atoms with Gasteiger partial charge in [-0.2, -0.15) is 13.2 Å². The normalized spacial score (nSPS) is 12.9. The Morgan fingerprint density at radius 1 is 1.43 bits per heavy atom. The summed E-state index contributed by atoms with van der Waals surface area (Å²) in [7, 11) is 0. The van der Waals surface area contributed by atoms with E-state index in [4.69, 9.17) is 10.9 Å². The van der Waals surface area contributed by atoms with Gasteiger partial charge in [-0.25, -0.2) is 0 Å². The molecule has 0 fully saturated rings. The van der Waals surface area contributed by atoms with Crippen LogP contribution in [0, 0.1) is 0 Å². The lowest BCUT2D eigenvalue weighted by molar-refractivity contribution is -0.137. The van der Waals surface area contributed by atoms with Crippen LogP contribution >= 0.6 is 0 Å². The highest BCUT2D eigenvalue weighted by Crippen LogP contribution is 2.28. The molecule has 0 radical (unpaired) electrons. The second kappa shape index (κ2) is 3.52. The zero-order valence-corrected chi connectivity index (χ0v) is 6.78. The smallest absolute Gasteiger partial charge is 0.409 e. The van der Waals surface area contributed by atoms with Crippen molar-refractivity contribution in [3.8, 4) is 0 Å². The van der Waals surface area contributed by atoms with Crippen LogP contribution < -0.4 is 5.73 Å². The maximum absolute atomic E-state index is 12.1. The summed E-state index contributed by atoms with van der Waals surface area (Å²) in [6.45, 7) is 0. The van der Waals surface area contributed by atoms with E-state index in [1.807, 2.05) is 0 Å². The summed E-state index contributed by atoms with van der Waals surface area (Å²) in [5.74, 6) is -0.335. The van der Waals surface area contributed by atoms with E-state index in [0.717, 1.165) is 12.1 Å². The second-order valence-electron chi connectivity index (χ2n) is 2.42. The van der Waals surface area contributed by atoms with Gasteiger partial charge in [-0.1, -0.05) is 5.16 Å². The van der Waals surface area contributed by atoms with Crippen molar-refractivity contribution in [3.05, 3.63) is 29.6 Å². The van der Waals surface area contributed by atoms with E-state index >= 15 is 0 Å². The molecule has 7 heteroatoms. The van der Waals surface area contributed by atoms with Gasteiger partial charge in [0.2, 0.25) is 0 Å². The number of pyridine rings is 1. The lowest BCUT2D eigenvalue weighted by Crippen LogP contribution is -2.15. The number of nitrogens with two attached hydrogens (primary N) is 1. The van der Waals surface area contributed by atoms with Gasteiger partial charge in [0.1, 0.15) is 5.69 Å². The molecule has 0 unspecified atom stereocenters. The average Bonchev–Trinajstić information content (AvgIpc) is 2.15. The molecule has 76 valence electrons. The van der Waals surface area contributed by atoms with Crippen LogP contribution in [0.25, 0.3) is 0 Å². The standard InChI is InChI=1S/C7H6F3N3O/c8-7(9,10)4-1-2-5(12-3-4)6(11)13-14/h1-3,14H,(H2,11,13). The van der Waals surface area contributed by atoms with Crippen LogP contribution in [0.4, 0.5) is 13.2 Å². The Balaban J connectivity index is 3.01. The Labute approximate surface area is 76.9 Å². The third-order valence-corrected chi connectivity index (χ3v) is 1.46. The van der Waals surface area contributed by atoms with Gasteiger partial charge in [-0.05, 0) is 12.1 Å². The van der Waals surface area contributed by atoms with Gasteiger partial charge in [0.15, 0.2) is 5.84 Å².